The van der Waals surface area contributed by atoms with Crippen molar-refractivity contribution in [3.05, 3.63) is 41.5 Å². The second-order valence-electron chi connectivity index (χ2n) is 2.72. The molecule has 13 heavy (non-hydrogen) atoms. The van der Waals surface area contributed by atoms with Crippen LogP contribution in [0.25, 0.3) is 6.08 Å². The first kappa shape index (κ1) is 9.84. The van der Waals surface area contributed by atoms with Crippen LogP contribution in [0.4, 0.5) is 13.2 Å². The number of halogens is 3. The monoisotopic (exact) mass is 186 g/mol. The highest BCUT2D eigenvalue weighted by Gasteiger charge is 2.32. The lowest BCUT2D eigenvalue weighted by atomic mass is 10.0. The number of alkyl halides is 3. The molecule has 0 nitrogen and oxygen atoms in total. The third-order valence-corrected chi connectivity index (χ3v) is 1.90. The van der Waals surface area contributed by atoms with Crippen molar-refractivity contribution in [3.63, 3.8) is 0 Å². The van der Waals surface area contributed by atoms with Crippen LogP contribution >= 0.6 is 0 Å². The standard InChI is InChI=1S/C10H9F3/c1-3-8-5-4-6-9(7(8)2)10(11,12)13/h3-6H,1H2,2H3. The van der Waals surface area contributed by atoms with Crippen molar-refractivity contribution < 1.29 is 13.2 Å². The summed E-state index contributed by atoms with van der Waals surface area (Å²) < 4.78 is 37.0. The predicted octanol–water partition coefficient (Wildman–Crippen LogP) is 3.66. The van der Waals surface area contributed by atoms with Crippen LogP contribution in [0.5, 0.6) is 0 Å². The molecule has 1 aromatic rings. The molecule has 0 heterocycles. The highest BCUT2D eigenvalue weighted by atomic mass is 19.4. The van der Waals surface area contributed by atoms with E-state index in [4.69, 9.17) is 0 Å². The molecule has 0 saturated carbocycles. The third-order valence-electron chi connectivity index (χ3n) is 1.90. The minimum Gasteiger partial charge on any atom is -0.166 e. The van der Waals surface area contributed by atoms with Gasteiger partial charge in [-0.05, 0) is 24.1 Å². The van der Waals surface area contributed by atoms with Gasteiger partial charge in [0.1, 0.15) is 0 Å². The second-order valence-corrected chi connectivity index (χ2v) is 2.72. The van der Waals surface area contributed by atoms with Gasteiger partial charge in [0.2, 0.25) is 0 Å². The molecule has 0 amide bonds. The lowest BCUT2D eigenvalue weighted by Crippen LogP contribution is -2.07. The van der Waals surface area contributed by atoms with Gasteiger partial charge in [0, 0.05) is 0 Å². The maximum Gasteiger partial charge on any atom is 0.416 e. The fourth-order valence-corrected chi connectivity index (χ4v) is 1.18. The molecular weight excluding hydrogens is 177 g/mol. The SMILES string of the molecule is C=Cc1cccc(C(F)(F)F)c1C. The summed E-state index contributed by atoms with van der Waals surface area (Å²) in [6.07, 6.45) is -2.85. The zero-order valence-corrected chi connectivity index (χ0v) is 7.15. The molecule has 0 saturated heterocycles. The maximum absolute atomic E-state index is 12.3. The number of rotatable bonds is 1. The lowest BCUT2D eigenvalue weighted by Gasteiger charge is -2.11. The van der Waals surface area contributed by atoms with E-state index in [1.165, 1.54) is 19.1 Å². The van der Waals surface area contributed by atoms with Gasteiger partial charge in [0.25, 0.3) is 0 Å². The van der Waals surface area contributed by atoms with Gasteiger partial charge in [0.15, 0.2) is 0 Å². The highest BCUT2D eigenvalue weighted by molar-refractivity contribution is 5.54. The summed E-state index contributed by atoms with van der Waals surface area (Å²) in [4.78, 5) is 0. The Morgan fingerprint density at radius 1 is 1.31 bits per heavy atom. The molecule has 0 unspecified atom stereocenters. The largest absolute Gasteiger partial charge is 0.416 e. The number of hydrogen-bond donors (Lipinski definition) is 0. The predicted molar refractivity (Wildman–Crippen MR) is 46.3 cm³/mol. The molecule has 0 aromatic heterocycles. The van der Waals surface area contributed by atoms with Crippen LogP contribution in [0.2, 0.25) is 0 Å². The van der Waals surface area contributed by atoms with Gasteiger partial charge < -0.3 is 0 Å². The van der Waals surface area contributed by atoms with Crippen LogP contribution in [0.3, 0.4) is 0 Å². The van der Waals surface area contributed by atoms with E-state index in [0.29, 0.717) is 5.56 Å². The maximum atomic E-state index is 12.3. The van der Waals surface area contributed by atoms with Crippen molar-refractivity contribution in [2.45, 2.75) is 13.1 Å². The average Bonchev–Trinajstić information content (AvgIpc) is 2.02. The molecule has 0 bridgehead atoms. The minimum atomic E-state index is -4.27. The fourth-order valence-electron chi connectivity index (χ4n) is 1.18. The van der Waals surface area contributed by atoms with Gasteiger partial charge in [-0.25, -0.2) is 0 Å². The molecule has 0 fully saturated rings. The Bertz CT molecular complexity index is 323. The smallest absolute Gasteiger partial charge is 0.166 e. The van der Waals surface area contributed by atoms with E-state index in [1.807, 2.05) is 0 Å². The summed E-state index contributed by atoms with van der Waals surface area (Å²) in [5.41, 5.74) is 0.157. The molecule has 1 rings (SSSR count). The van der Waals surface area contributed by atoms with Crippen molar-refractivity contribution in [2.75, 3.05) is 0 Å². The van der Waals surface area contributed by atoms with Crippen molar-refractivity contribution >= 4 is 6.08 Å². The lowest BCUT2D eigenvalue weighted by molar-refractivity contribution is -0.138. The molecular formula is C10H9F3. The van der Waals surface area contributed by atoms with E-state index < -0.39 is 11.7 Å². The van der Waals surface area contributed by atoms with Crippen LogP contribution in [-0.2, 0) is 6.18 Å². The third kappa shape index (κ3) is 1.91. The molecule has 0 atom stereocenters. The molecule has 0 spiro atoms. The fraction of sp³-hybridized carbons (Fsp3) is 0.200. The van der Waals surface area contributed by atoms with Crippen molar-refractivity contribution in [2.24, 2.45) is 0 Å². The number of benzene rings is 1. The minimum absolute atomic E-state index is 0.227. The van der Waals surface area contributed by atoms with E-state index in [1.54, 1.807) is 6.07 Å². The molecule has 0 aliphatic carbocycles. The van der Waals surface area contributed by atoms with E-state index in [-0.39, 0.29) is 5.56 Å². The van der Waals surface area contributed by atoms with E-state index in [0.717, 1.165) is 6.07 Å². The molecule has 0 radical (unpaired) electrons. The van der Waals surface area contributed by atoms with Crippen LogP contribution in [0.1, 0.15) is 16.7 Å². The zero-order valence-electron chi connectivity index (χ0n) is 7.15. The summed E-state index contributed by atoms with van der Waals surface area (Å²) in [5.74, 6) is 0. The quantitative estimate of drug-likeness (QED) is 0.627. The van der Waals surface area contributed by atoms with Crippen LogP contribution in [0, 0.1) is 6.92 Å². The second kappa shape index (κ2) is 3.24. The van der Waals surface area contributed by atoms with Gasteiger partial charge in [-0.1, -0.05) is 24.8 Å². The van der Waals surface area contributed by atoms with Gasteiger partial charge in [-0.3, -0.25) is 0 Å². The van der Waals surface area contributed by atoms with Crippen molar-refractivity contribution in [1.82, 2.24) is 0 Å². The van der Waals surface area contributed by atoms with Gasteiger partial charge in [0.05, 0.1) is 5.56 Å². The first-order valence-electron chi connectivity index (χ1n) is 3.76. The Morgan fingerprint density at radius 3 is 2.38 bits per heavy atom. The number of hydrogen-bond acceptors (Lipinski definition) is 0. The summed E-state index contributed by atoms with van der Waals surface area (Å²) in [6, 6.07) is 4.06. The van der Waals surface area contributed by atoms with Gasteiger partial charge >= 0.3 is 6.18 Å². The zero-order chi connectivity index (χ0) is 10.1. The Balaban J connectivity index is 3.32. The topological polar surface area (TPSA) is 0 Å². The molecule has 0 N–H and O–H groups in total. The normalized spacial score (nSPS) is 11.4. The summed E-state index contributed by atoms with van der Waals surface area (Å²) in [5, 5.41) is 0. The Morgan fingerprint density at radius 2 is 1.92 bits per heavy atom. The summed E-state index contributed by atoms with van der Waals surface area (Å²) >= 11 is 0. The summed E-state index contributed by atoms with van der Waals surface area (Å²) in [6.45, 7) is 4.89. The van der Waals surface area contributed by atoms with Crippen molar-refractivity contribution in [1.29, 1.82) is 0 Å². The van der Waals surface area contributed by atoms with E-state index in [9.17, 15) is 13.2 Å². The average molecular weight is 186 g/mol. The molecule has 70 valence electrons. The Kier molecular flexibility index (Phi) is 2.45. The highest BCUT2D eigenvalue weighted by Crippen LogP contribution is 2.32. The van der Waals surface area contributed by atoms with Crippen LogP contribution < -0.4 is 0 Å². The molecule has 3 heteroatoms. The summed E-state index contributed by atoms with van der Waals surface area (Å²) in [7, 11) is 0. The van der Waals surface area contributed by atoms with Crippen LogP contribution in [-0.4, -0.2) is 0 Å². The van der Waals surface area contributed by atoms with E-state index in [2.05, 4.69) is 6.58 Å². The molecule has 0 aliphatic heterocycles. The Labute approximate surface area is 74.7 Å². The van der Waals surface area contributed by atoms with Crippen molar-refractivity contribution in [3.8, 4) is 0 Å². The first-order chi connectivity index (χ1) is 5.96. The molecule has 0 aliphatic rings. The van der Waals surface area contributed by atoms with Gasteiger partial charge in [-0.2, -0.15) is 13.2 Å². The Hall–Kier alpha value is -1.25. The first-order valence-corrected chi connectivity index (χ1v) is 3.76. The van der Waals surface area contributed by atoms with Gasteiger partial charge in [-0.15, -0.1) is 0 Å². The molecule has 1 aromatic carbocycles. The van der Waals surface area contributed by atoms with Crippen LogP contribution in [0.15, 0.2) is 24.8 Å². The van der Waals surface area contributed by atoms with E-state index >= 15 is 0 Å².